The van der Waals surface area contributed by atoms with E-state index in [1.165, 1.54) is 70.6 Å². The molecule has 2 aliphatic rings. The van der Waals surface area contributed by atoms with E-state index in [0.717, 1.165) is 28.1 Å². The van der Waals surface area contributed by atoms with Crippen molar-refractivity contribution in [3.05, 3.63) is 192 Å². The molecule has 2 heterocycles. The molecule has 53 heavy (non-hydrogen) atoms. The van der Waals surface area contributed by atoms with Crippen LogP contribution in [0, 0.1) is 0 Å². The zero-order chi connectivity index (χ0) is 34.9. The van der Waals surface area contributed by atoms with Crippen molar-refractivity contribution in [1.29, 1.82) is 0 Å². The zero-order valence-corrected chi connectivity index (χ0v) is 28.9. The van der Waals surface area contributed by atoms with Crippen molar-refractivity contribution >= 4 is 44.5 Å². The van der Waals surface area contributed by atoms with Gasteiger partial charge in [-0.15, -0.1) is 0 Å². The van der Waals surface area contributed by atoms with E-state index in [-0.39, 0.29) is 12.0 Å². The first-order valence-electron chi connectivity index (χ1n) is 18.3. The van der Waals surface area contributed by atoms with Gasteiger partial charge in [-0.05, 0) is 101 Å². The molecule has 2 atom stereocenters. The zero-order valence-electron chi connectivity index (χ0n) is 28.9. The Morgan fingerprint density at radius 1 is 0.415 bits per heavy atom. The van der Waals surface area contributed by atoms with E-state index in [9.17, 15) is 0 Å². The van der Waals surface area contributed by atoms with Crippen molar-refractivity contribution in [3.63, 3.8) is 0 Å². The molecule has 0 spiro atoms. The Balaban J connectivity index is 0.939. The van der Waals surface area contributed by atoms with Gasteiger partial charge < -0.3 is 4.74 Å². The summed E-state index contributed by atoms with van der Waals surface area (Å²) in [7, 11) is 0. The van der Waals surface area contributed by atoms with Crippen molar-refractivity contribution in [2.45, 2.75) is 12.0 Å². The highest BCUT2D eigenvalue weighted by molar-refractivity contribution is 6.21. The summed E-state index contributed by atoms with van der Waals surface area (Å²) in [5, 5.41) is 10.0. The van der Waals surface area contributed by atoms with Crippen LogP contribution >= 0.6 is 0 Å². The topological polar surface area (TPSA) is 22.1 Å². The molecule has 1 aliphatic heterocycles. The number of hydrogen-bond acceptors (Lipinski definition) is 2. The van der Waals surface area contributed by atoms with E-state index >= 15 is 0 Å². The van der Waals surface area contributed by atoms with Crippen LogP contribution in [0.2, 0.25) is 0 Å². The summed E-state index contributed by atoms with van der Waals surface area (Å²) < 4.78 is 6.36. The first-order valence-corrected chi connectivity index (χ1v) is 18.3. The standard InChI is InChI=1S/C51H33NO/c1-2-10-35-27-39(22-17-32(35)9-1)51-43-15-7-5-13-41(43)50(42-14-6-8-16-44(42)51)34-20-18-33(19-21-34)47-25-23-40(31-52-47)38-24-26-48-45(29-38)46-28-36-11-3-4-12-37(36)30-49(46)53-48/h1-31,46,49H. The predicted molar refractivity (Wildman–Crippen MR) is 220 cm³/mol. The SMILES string of the molecule is C1=c2ccccc2=CC2c3cc(-c4ccc(-c5ccc(-c6c7ccccc7c(-c7ccc8ccccc8c7)c7ccccc67)cc5)nc4)ccc3OC12. The summed E-state index contributed by atoms with van der Waals surface area (Å²) >= 11 is 0. The molecule has 0 N–H and O–H groups in total. The summed E-state index contributed by atoms with van der Waals surface area (Å²) in [6, 6.07) is 61.5. The minimum Gasteiger partial charge on any atom is -0.485 e. The second-order valence-electron chi connectivity index (χ2n) is 14.2. The molecule has 0 fully saturated rings. The Hall–Kier alpha value is -6.77. The van der Waals surface area contributed by atoms with Gasteiger partial charge in [0.2, 0.25) is 0 Å². The molecule has 1 aromatic heterocycles. The molecule has 0 saturated heterocycles. The monoisotopic (exact) mass is 675 g/mol. The van der Waals surface area contributed by atoms with Gasteiger partial charge in [0.05, 0.1) is 5.69 Å². The molecule has 8 aromatic carbocycles. The maximum Gasteiger partial charge on any atom is 0.128 e. The second kappa shape index (κ2) is 11.9. The highest BCUT2D eigenvalue weighted by atomic mass is 16.5. The number of rotatable bonds is 4. The molecule has 9 aromatic rings. The minimum atomic E-state index is 0.0390. The number of hydrogen-bond donors (Lipinski definition) is 0. The van der Waals surface area contributed by atoms with Gasteiger partial charge in [0, 0.05) is 28.8 Å². The number of pyridine rings is 1. The van der Waals surface area contributed by atoms with Crippen LogP contribution in [0.3, 0.4) is 0 Å². The molecule has 248 valence electrons. The highest BCUT2D eigenvalue weighted by Gasteiger charge is 2.33. The van der Waals surface area contributed by atoms with Crippen LogP contribution in [0.5, 0.6) is 5.75 Å². The van der Waals surface area contributed by atoms with Crippen LogP contribution in [0.15, 0.2) is 176 Å². The molecule has 2 unspecified atom stereocenters. The molecule has 2 nitrogen and oxygen atoms in total. The van der Waals surface area contributed by atoms with Gasteiger partial charge in [-0.1, -0.05) is 152 Å². The van der Waals surface area contributed by atoms with Crippen LogP contribution in [-0.4, -0.2) is 11.1 Å². The maximum atomic E-state index is 6.36. The Kier molecular flexibility index (Phi) is 6.72. The lowest BCUT2D eigenvalue weighted by Crippen LogP contribution is -2.34. The maximum absolute atomic E-state index is 6.36. The lowest BCUT2D eigenvalue weighted by atomic mass is 9.85. The molecule has 1 aliphatic carbocycles. The Labute approximate surface area is 307 Å². The number of benzene rings is 8. The van der Waals surface area contributed by atoms with E-state index < -0.39 is 0 Å². The lowest BCUT2D eigenvalue weighted by molar-refractivity contribution is 0.288. The first-order chi connectivity index (χ1) is 26.2. The number of fused-ring (bicyclic) bond motifs is 7. The van der Waals surface area contributed by atoms with Crippen molar-refractivity contribution in [2.24, 2.45) is 0 Å². The first kappa shape index (κ1) is 29.9. The molecule has 2 heteroatoms. The van der Waals surface area contributed by atoms with Crippen LogP contribution < -0.4 is 15.2 Å². The fourth-order valence-electron chi connectivity index (χ4n) is 8.64. The number of aromatic nitrogens is 1. The molecule has 11 rings (SSSR count). The summed E-state index contributed by atoms with van der Waals surface area (Å²) in [5.74, 6) is 1.19. The van der Waals surface area contributed by atoms with Gasteiger partial charge in [-0.25, -0.2) is 0 Å². The number of nitrogens with zero attached hydrogens (tertiary/aromatic N) is 1. The smallest absolute Gasteiger partial charge is 0.128 e. The van der Waals surface area contributed by atoms with Crippen LogP contribution in [0.1, 0.15) is 11.5 Å². The van der Waals surface area contributed by atoms with Crippen molar-refractivity contribution in [2.75, 3.05) is 0 Å². The van der Waals surface area contributed by atoms with Gasteiger partial charge in [-0.3, -0.25) is 4.98 Å². The van der Waals surface area contributed by atoms with Gasteiger partial charge in [0.1, 0.15) is 11.9 Å². The third-order valence-corrected chi connectivity index (χ3v) is 11.2. The third-order valence-electron chi connectivity index (χ3n) is 11.2. The third kappa shape index (κ3) is 4.91. The predicted octanol–water partition coefficient (Wildman–Crippen LogP) is 11.3. The van der Waals surface area contributed by atoms with E-state index in [1.54, 1.807) is 0 Å². The highest BCUT2D eigenvalue weighted by Crippen LogP contribution is 2.45. The van der Waals surface area contributed by atoms with Crippen molar-refractivity contribution < 1.29 is 4.74 Å². The van der Waals surface area contributed by atoms with Crippen LogP contribution in [-0.2, 0) is 0 Å². The van der Waals surface area contributed by atoms with Crippen molar-refractivity contribution in [1.82, 2.24) is 4.98 Å². The average molecular weight is 676 g/mol. The Morgan fingerprint density at radius 3 is 1.68 bits per heavy atom. The Bertz CT molecular complexity index is 2980. The van der Waals surface area contributed by atoms with Crippen LogP contribution in [0.25, 0.3) is 89.1 Å². The van der Waals surface area contributed by atoms with Gasteiger partial charge in [0.15, 0.2) is 0 Å². The van der Waals surface area contributed by atoms with E-state index in [0.29, 0.717) is 0 Å². The van der Waals surface area contributed by atoms with Gasteiger partial charge >= 0.3 is 0 Å². The molecule has 0 bridgehead atoms. The van der Waals surface area contributed by atoms with Gasteiger partial charge in [-0.2, -0.15) is 0 Å². The summed E-state index contributed by atoms with van der Waals surface area (Å²) in [5.41, 5.74) is 10.5. The second-order valence-corrected chi connectivity index (χ2v) is 14.2. The summed E-state index contributed by atoms with van der Waals surface area (Å²) in [6.07, 6.45) is 6.65. The molecule has 0 saturated carbocycles. The van der Waals surface area contributed by atoms with Crippen LogP contribution in [0.4, 0.5) is 0 Å². The molecular weight excluding hydrogens is 643 g/mol. The summed E-state index contributed by atoms with van der Waals surface area (Å²) in [6.45, 7) is 0. The largest absolute Gasteiger partial charge is 0.485 e. The lowest BCUT2D eigenvalue weighted by Gasteiger charge is -2.18. The van der Waals surface area contributed by atoms with Gasteiger partial charge in [0.25, 0.3) is 0 Å². The number of ether oxygens (including phenoxy) is 1. The molecule has 0 radical (unpaired) electrons. The van der Waals surface area contributed by atoms with E-state index in [2.05, 4.69) is 182 Å². The van der Waals surface area contributed by atoms with E-state index in [1.807, 2.05) is 6.20 Å². The molecule has 0 amide bonds. The minimum absolute atomic E-state index is 0.0390. The quantitative estimate of drug-likeness (QED) is 0.173. The Morgan fingerprint density at radius 2 is 0.981 bits per heavy atom. The van der Waals surface area contributed by atoms with Crippen molar-refractivity contribution in [3.8, 4) is 50.4 Å². The molecular formula is C51H33NO. The summed E-state index contributed by atoms with van der Waals surface area (Å²) in [4.78, 5) is 4.95. The fourth-order valence-corrected chi connectivity index (χ4v) is 8.64. The fraction of sp³-hybridized carbons (Fsp3) is 0.0392. The average Bonchev–Trinajstić information content (AvgIpc) is 3.58. The van der Waals surface area contributed by atoms with E-state index in [4.69, 9.17) is 9.72 Å². The normalized spacial score (nSPS) is 15.6.